The van der Waals surface area contributed by atoms with Crippen LogP contribution in [-0.4, -0.2) is 15.5 Å². The summed E-state index contributed by atoms with van der Waals surface area (Å²) in [4.78, 5) is 25.1. The fourth-order valence-corrected chi connectivity index (χ4v) is 0.931. The number of nitrogens with two attached hydrogens (primary N) is 1. The summed E-state index contributed by atoms with van der Waals surface area (Å²) < 4.78 is 0.836. The molecule has 0 radical (unpaired) electrons. The Kier molecular flexibility index (Phi) is 2.32. The molecule has 0 aliphatic carbocycles. The van der Waals surface area contributed by atoms with Gasteiger partial charge in [0.05, 0.1) is 12.5 Å². The predicted molar refractivity (Wildman–Crippen MR) is 42.7 cm³/mol. The third-order valence-electron chi connectivity index (χ3n) is 1.45. The fraction of sp³-hybridized carbons (Fsp3) is 0.286. The second-order valence-electron chi connectivity index (χ2n) is 2.55. The quantitative estimate of drug-likeness (QED) is 0.563. The number of carboxylic acid groups (broad SMARTS) is 1. The topological polar surface area (TPSA) is 101 Å². The van der Waals surface area contributed by atoms with Crippen LogP contribution in [0.2, 0.25) is 0 Å². The van der Waals surface area contributed by atoms with Crippen LogP contribution in [-0.2, 0) is 11.3 Å². The van der Waals surface area contributed by atoms with E-state index in [0.29, 0.717) is 5.69 Å². The lowest BCUT2D eigenvalue weighted by Gasteiger charge is -2.08. The molecule has 1 heterocycles. The summed E-state index contributed by atoms with van der Waals surface area (Å²) >= 11 is 0. The van der Waals surface area contributed by atoms with Gasteiger partial charge >= 0.3 is 0 Å². The third kappa shape index (κ3) is 2.05. The van der Waals surface area contributed by atoms with Crippen molar-refractivity contribution in [3.63, 3.8) is 0 Å². The number of rotatable bonds is 2. The molecule has 0 bridgehead atoms. The number of nitrogen functional groups attached to an aromatic ring is 1. The Morgan fingerprint density at radius 2 is 2.38 bits per heavy atom. The first-order chi connectivity index (χ1) is 6.00. The maximum atomic E-state index is 11.1. The number of aromatic nitrogens is 2. The highest BCUT2D eigenvalue weighted by Crippen LogP contribution is 1.95. The van der Waals surface area contributed by atoms with E-state index in [0.717, 1.165) is 4.57 Å². The molecular formula is C7H8N3O3-. The second-order valence-corrected chi connectivity index (χ2v) is 2.55. The molecule has 0 saturated carbocycles. The van der Waals surface area contributed by atoms with Gasteiger partial charge in [-0.3, -0.25) is 9.36 Å². The van der Waals surface area contributed by atoms with Crippen molar-refractivity contribution < 1.29 is 9.90 Å². The van der Waals surface area contributed by atoms with Gasteiger partial charge in [0.25, 0.3) is 5.56 Å². The van der Waals surface area contributed by atoms with Crippen molar-refractivity contribution in [1.82, 2.24) is 9.55 Å². The second kappa shape index (κ2) is 3.26. The van der Waals surface area contributed by atoms with E-state index in [1.54, 1.807) is 6.92 Å². The van der Waals surface area contributed by atoms with Crippen molar-refractivity contribution in [2.75, 3.05) is 5.73 Å². The lowest BCUT2D eigenvalue weighted by Crippen LogP contribution is -2.34. The monoisotopic (exact) mass is 182 g/mol. The van der Waals surface area contributed by atoms with Crippen LogP contribution in [0.15, 0.2) is 10.9 Å². The van der Waals surface area contributed by atoms with E-state index in [4.69, 9.17) is 5.73 Å². The molecule has 13 heavy (non-hydrogen) atoms. The predicted octanol–water partition coefficient (Wildman–Crippen LogP) is -2.12. The van der Waals surface area contributed by atoms with E-state index in [9.17, 15) is 14.7 Å². The van der Waals surface area contributed by atoms with Crippen molar-refractivity contribution in [1.29, 1.82) is 0 Å². The molecule has 0 aromatic carbocycles. The van der Waals surface area contributed by atoms with Gasteiger partial charge < -0.3 is 15.6 Å². The first-order valence-corrected chi connectivity index (χ1v) is 3.54. The first-order valence-electron chi connectivity index (χ1n) is 3.54. The molecule has 1 aromatic heterocycles. The highest BCUT2D eigenvalue weighted by molar-refractivity contribution is 5.64. The minimum atomic E-state index is -1.38. The van der Waals surface area contributed by atoms with Gasteiger partial charge in [-0.25, -0.2) is 4.98 Å². The van der Waals surface area contributed by atoms with Crippen molar-refractivity contribution in [2.24, 2.45) is 0 Å². The maximum Gasteiger partial charge on any atom is 0.255 e. The van der Waals surface area contributed by atoms with Gasteiger partial charge in [0.2, 0.25) is 5.95 Å². The zero-order chi connectivity index (χ0) is 10.0. The molecule has 0 amide bonds. The summed E-state index contributed by atoms with van der Waals surface area (Å²) in [5.74, 6) is -1.49. The molecule has 1 aromatic rings. The molecule has 1 rings (SSSR count). The van der Waals surface area contributed by atoms with E-state index in [1.807, 2.05) is 0 Å². The van der Waals surface area contributed by atoms with Crippen LogP contribution in [0.5, 0.6) is 0 Å². The molecule has 0 atom stereocenters. The van der Waals surface area contributed by atoms with Gasteiger partial charge in [0.1, 0.15) is 0 Å². The lowest BCUT2D eigenvalue weighted by molar-refractivity contribution is -0.306. The van der Waals surface area contributed by atoms with E-state index in [2.05, 4.69) is 4.98 Å². The van der Waals surface area contributed by atoms with Crippen LogP contribution in [0, 0.1) is 6.92 Å². The van der Waals surface area contributed by atoms with Crippen LogP contribution in [0.1, 0.15) is 5.69 Å². The van der Waals surface area contributed by atoms with Crippen molar-refractivity contribution >= 4 is 11.9 Å². The minimum Gasteiger partial charge on any atom is -0.548 e. The van der Waals surface area contributed by atoms with E-state index < -0.39 is 18.1 Å². The summed E-state index contributed by atoms with van der Waals surface area (Å²) in [6.45, 7) is 1.03. The molecule has 0 spiro atoms. The summed E-state index contributed by atoms with van der Waals surface area (Å²) in [6, 6.07) is 1.21. The molecular weight excluding hydrogens is 174 g/mol. The normalized spacial score (nSPS) is 9.92. The Morgan fingerprint density at radius 1 is 1.77 bits per heavy atom. The van der Waals surface area contributed by atoms with Gasteiger partial charge in [0.15, 0.2) is 0 Å². The van der Waals surface area contributed by atoms with Gasteiger partial charge in [-0.05, 0) is 6.92 Å². The lowest BCUT2D eigenvalue weighted by atomic mass is 10.4. The van der Waals surface area contributed by atoms with Gasteiger partial charge in [-0.1, -0.05) is 0 Å². The Morgan fingerprint density at radius 3 is 2.85 bits per heavy atom. The van der Waals surface area contributed by atoms with Crippen molar-refractivity contribution in [3.8, 4) is 0 Å². The molecule has 0 aliphatic heterocycles. The highest BCUT2D eigenvalue weighted by atomic mass is 16.4. The van der Waals surface area contributed by atoms with Crippen molar-refractivity contribution in [3.05, 3.63) is 22.1 Å². The SMILES string of the molecule is Cc1cc(=O)n(CC(=O)[O-])c(N)n1. The standard InChI is InChI=1S/C7H9N3O3/c1-4-2-5(11)10(3-6(12)13)7(8)9-4/h2H,3H2,1H3,(H2,8,9)(H,12,13)/p-1. The average Bonchev–Trinajstić information content (AvgIpc) is 1.96. The number of hydrogen-bond donors (Lipinski definition) is 1. The number of anilines is 1. The smallest absolute Gasteiger partial charge is 0.255 e. The van der Waals surface area contributed by atoms with E-state index >= 15 is 0 Å². The zero-order valence-electron chi connectivity index (χ0n) is 6.98. The summed E-state index contributed by atoms with van der Waals surface area (Å²) in [5, 5.41) is 10.2. The largest absolute Gasteiger partial charge is 0.548 e. The maximum absolute atomic E-state index is 11.1. The number of carbonyl (C=O) groups excluding carboxylic acids is 1. The molecule has 70 valence electrons. The third-order valence-corrected chi connectivity index (χ3v) is 1.45. The van der Waals surface area contributed by atoms with Gasteiger partial charge in [-0.15, -0.1) is 0 Å². The number of hydrogen-bond acceptors (Lipinski definition) is 5. The molecule has 0 saturated heterocycles. The molecule has 0 unspecified atom stereocenters. The van der Waals surface area contributed by atoms with Crippen molar-refractivity contribution in [2.45, 2.75) is 13.5 Å². The van der Waals surface area contributed by atoms with Crippen LogP contribution >= 0.6 is 0 Å². The van der Waals surface area contributed by atoms with Crippen LogP contribution in [0.4, 0.5) is 5.95 Å². The Balaban J connectivity index is 3.21. The number of aliphatic carboxylic acids is 1. The van der Waals surface area contributed by atoms with Crippen LogP contribution in [0.25, 0.3) is 0 Å². The van der Waals surface area contributed by atoms with Gasteiger partial charge in [-0.2, -0.15) is 0 Å². The Hall–Kier alpha value is -1.85. The number of carbonyl (C=O) groups is 1. The Bertz CT molecular complexity index is 396. The fourth-order valence-electron chi connectivity index (χ4n) is 0.931. The number of carboxylic acids is 1. The number of nitrogens with zero attached hydrogens (tertiary/aromatic N) is 2. The summed E-state index contributed by atoms with van der Waals surface area (Å²) in [6.07, 6.45) is 0. The summed E-state index contributed by atoms with van der Waals surface area (Å²) in [5.41, 5.74) is 5.30. The van der Waals surface area contributed by atoms with E-state index in [1.165, 1.54) is 6.07 Å². The minimum absolute atomic E-state index is 0.116. The first kappa shape index (κ1) is 9.24. The summed E-state index contributed by atoms with van der Waals surface area (Å²) in [7, 11) is 0. The van der Waals surface area contributed by atoms with E-state index in [-0.39, 0.29) is 5.95 Å². The number of aryl methyl sites for hydroxylation is 1. The average molecular weight is 182 g/mol. The molecule has 2 N–H and O–H groups in total. The molecule has 6 nitrogen and oxygen atoms in total. The Labute approximate surface area is 73.6 Å². The zero-order valence-corrected chi connectivity index (χ0v) is 6.98. The van der Waals surface area contributed by atoms with Crippen LogP contribution in [0.3, 0.4) is 0 Å². The molecule has 0 fully saturated rings. The molecule has 0 aliphatic rings. The molecule has 6 heteroatoms. The van der Waals surface area contributed by atoms with Gasteiger partial charge in [0, 0.05) is 11.8 Å². The highest BCUT2D eigenvalue weighted by Gasteiger charge is 2.02. The van der Waals surface area contributed by atoms with Crippen LogP contribution < -0.4 is 16.4 Å².